The van der Waals surface area contributed by atoms with Crippen molar-refractivity contribution in [3.63, 3.8) is 0 Å². The molecule has 2 saturated heterocycles. The van der Waals surface area contributed by atoms with E-state index in [1.165, 1.54) is 5.56 Å². The van der Waals surface area contributed by atoms with Crippen LogP contribution in [-0.4, -0.2) is 61.6 Å². The maximum atomic E-state index is 13.3. The van der Waals surface area contributed by atoms with Gasteiger partial charge < -0.3 is 20.3 Å². The molecule has 31 heavy (non-hydrogen) atoms. The number of hydrogen-bond donors (Lipinski definition) is 2. The van der Waals surface area contributed by atoms with Gasteiger partial charge in [-0.15, -0.1) is 0 Å². The predicted molar refractivity (Wildman–Crippen MR) is 123 cm³/mol. The van der Waals surface area contributed by atoms with Crippen molar-refractivity contribution in [2.45, 2.75) is 70.9 Å². The van der Waals surface area contributed by atoms with E-state index in [2.05, 4.69) is 45.9 Å². The largest absolute Gasteiger partial charge is 0.379 e. The minimum absolute atomic E-state index is 0.0481. The molecule has 172 valence electrons. The molecule has 0 unspecified atom stereocenters. The van der Waals surface area contributed by atoms with Crippen molar-refractivity contribution in [2.24, 2.45) is 5.41 Å². The first-order valence-corrected chi connectivity index (χ1v) is 11.9. The predicted octanol–water partition coefficient (Wildman–Crippen LogP) is 2.91. The number of carbonyl (C=O) groups excluding carboxylic acids is 2. The molecular weight excluding hydrogens is 390 g/mol. The van der Waals surface area contributed by atoms with E-state index in [1.54, 1.807) is 6.92 Å². The van der Waals surface area contributed by atoms with Crippen LogP contribution in [0.4, 0.5) is 0 Å². The summed E-state index contributed by atoms with van der Waals surface area (Å²) in [6.45, 7) is 7.84. The monoisotopic (exact) mass is 429 g/mol. The highest BCUT2D eigenvalue weighted by Gasteiger charge is 2.41. The molecular formula is C25H39N3O3. The summed E-state index contributed by atoms with van der Waals surface area (Å²) in [4.78, 5) is 28.2. The average molecular weight is 430 g/mol. The van der Waals surface area contributed by atoms with Gasteiger partial charge in [-0.05, 0) is 77.6 Å². The van der Waals surface area contributed by atoms with Crippen LogP contribution in [0.3, 0.4) is 0 Å². The van der Waals surface area contributed by atoms with Gasteiger partial charge in [0.25, 0.3) is 0 Å². The molecule has 1 aromatic rings. The number of piperidine rings is 1. The van der Waals surface area contributed by atoms with Gasteiger partial charge in [0, 0.05) is 12.6 Å². The summed E-state index contributed by atoms with van der Waals surface area (Å²) in [7, 11) is 0. The molecule has 0 radical (unpaired) electrons. The second-order valence-corrected chi connectivity index (χ2v) is 9.35. The Morgan fingerprint density at radius 2 is 1.77 bits per heavy atom. The first kappa shape index (κ1) is 23.7. The van der Waals surface area contributed by atoms with Gasteiger partial charge in [-0.3, -0.25) is 9.59 Å². The first-order valence-electron chi connectivity index (χ1n) is 11.9. The second kappa shape index (κ2) is 11.6. The van der Waals surface area contributed by atoms with Gasteiger partial charge in [-0.1, -0.05) is 36.8 Å². The zero-order valence-electron chi connectivity index (χ0n) is 19.2. The van der Waals surface area contributed by atoms with Crippen LogP contribution in [0.25, 0.3) is 0 Å². The minimum Gasteiger partial charge on any atom is -0.379 e. The number of benzene rings is 1. The standard InChI is InChI=1S/C25H39N3O3/c1-20-19-31-18-7-6-12-25(24(30)27-21(2)23(29)26-20)13-16-28(17-14-25)15-8-11-22-9-4-3-5-10-22/h3-5,9-10,20-21H,6-8,11-19H2,1-2H3,(H,26,29)(H,27,30)/t20-,21-/m0/s1. The van der Waals surface area contributed by atoms with Crippen LogP contribution in [0.5, 0.6) is 0 Å². The second-order valence-electron chi connectivity index (χ2n) is 9.35. The molecule has 2 aliphatic rings. The molecule has 2 aliphatic heterocycles. The van der Waals surface area contributed by atoms with E-state index < -0.39 is 6.04 Å². The Hall–Kier alpha value is -1.92. The van der Waals surface area contributed by atoms with Crippen molar-refractivity contribution in [2.75, 3.05) is 32.8 Å². The molecule has 6 heteroatoms. The lowest BCUT2D eigenvalue weighted by Crippen LogP contribution is -2.54. The molecule has 6 nitrogen and oxygen atoms in total. The number of carbonyl (C=O) groups is 2. The highest BCUT2D eigenvalue weighted by Crippen LogP contribution is 2.37. The van der Waals surface area contributed by atoms with Crippen LogP contribution in [0.2, 0.25) is 0 Å². The van der Waals surface area contributed by atoms with Gasteiger partial charge in [0.1, 0.15) is 6.04 Å². The number of nitrogens with one attached hydrogen (secondary N) is 2. The number of hydrogen-bond acceptors (Lipinski definition) is 4. The Kier molecular flexibility index (Phi) is 8.90. The summed E-state index contributed by atoms with van der Waals surface area (Å²) >= 11 is 0. The van der Waals surface area contributed by atoms with Crippen LogP contribution >= 0.6 is 0 Å². The summed E-state index contributed by atoms with van der Waals surface area (Å²) in [5.41, 5.74) is 1.01. The van der Waals surface area contributed by atoms with Gasteiger partial charge in [-0.25, -0.2) is 0 Å². The average Bonchev–Trinajstić information content (AvgIpc) is 2.78. The Morgan fingerprint density at radius 3 is 2.52 bits per heavy atom. The maximum Gasteiger partial charge on any atom is 0.242 e. The molecule has 2 heterocycles. The summed E-state index contributed by atoms with van der Waals surface area (Å²) < 4.78 is 5.72. The third-order valence-electron chi connectivity index (χ3n) is 6.77. The first-order chi connectivity index (χ1) is 15.0. The van der Waals surface area contributed by atoms with Crippen molar-refractivity contribution in [1.29, 1.82) is 0 Å². The van der Waals surface area contributed by atoms with E-state index in [9.17, 15) is 9.59 Å². The molecule has 0 aliphatic carbocycles. The summed E-state index contributed by atoms with van der Waals surface area (Å²) in [5.74, 6) is -0.0934. The van der Waals surface area contributed by atoms with E-state index in [1.807, 2.05) is 6.92 Å². The van der Waals surface area contributed by atoms with Gasteiger partial charge in [-0.2, -0.15) is 0 Å². The van der Waals surface area contributed by atoms with Crippen molar-refractivity contribution < 1.29 is 14.3 Å². The van der Waals surface area contributed by atoms with Gasteiger partial charge in [0.05, 0.1) is 12.0 Å². The number of rotatable bonds is 4. The summed E-state index contributed by atoms with van der Waals surface area (Å²) in [6, 6.07) is 10.0. The maximum absolute atomic E-state index is 13.3. The van der Waals surface area contributed by atoms with Crippen molar-refractivity contribution in [3.8, 4) is 0 Å². The third-order valence-corrected chi connectivity index (χ3v) is 6.77. The minimum atomic E-state index is -0.531. The Bertz CT molecular complexity index is 701. The lowest BCUT2D eigenvalue weighted by atomic mass is 9.73. The van der Waals surface area contributed by atoms with Crippen LogP contribution < -0.4 is 10.6 Å². The highest BCUT2D eigenvalue weighted by atomic mass is 16.5. The number of amides is 2. The topological polar surface area (TPSA) is 70.7 Å². The fourth-order valence-electron chi connectivity index (χ4n) is 4.70. The molecule has 2 atom stereocenters. The fraction of sp³-hybridized carbons (Fsp3) is 0.680. The smallest absolute Gasteiger partial charge is 0.242 e. The lowest BCUT2D eigenvalue weighted by molar-refractivity contribution is -0.138. The SMILES string of the molecule is C[C@@H]1NC(=O)C2(CCCCOC[C@H](C)NC1=O)CCN(CCCc1ccccc1)CC2. The van der Waals surface area contributed by atoms with Gasteiger partial charge in [0.15, 0.2) is 0 Å². The number of nitrogens with zero attached hydrogens (tertiary/aromatic N) is 1. The zero-order chi connectivity index (χ0) is 22.1. The molecule has 0 aromatic heterocycles. The number of aryl methyl sites for hydroxylation is 1. The number of ether oxygens (including phenoxy) is 1. The molecule has 2 N–H and O–H groups in total. The summed E-state index contributed by atoms with van der Waals surface area (Å²) in [5, 5.41) is 5.95. The Labute approximate surface area is 187 Å². The lowest BCUT2D eigenvalue weighted by Gasteiger charge is -2.41. The van der Waals surface area contributed by atoms with Crippen LogP contribution in [0.1, 0.15) is 57.9 Å². The van der Waals surface area contributed by atoms with Crippen LogP contribution in [-0.2, 0) is 20.7 Å². The molecule has 2 amide bonds. The summed E-state index contributed by atoms with van der Waals surface area (Å²) in [6.07, 6.45) is 6.73. The highest BCUT2D eigenvalue weighted by molar-refractivity contribution is 5.90. The van der Waals surface area contributed by atoms with E-state index in [0.717, 1.165) is 64.6 Å². The molecule has 1 spiro atoms. The number of likely N-dealkylation sites (tertiary alicyclic amines) is 1. The molecule has 3 rings (SSSR count). The van der Waals surface area contributed by atoms with E-state index in [-0.39, 0.29) is 23.3 Å². The quantitative estimate of drug-likeness (QED) is 0.772. The van der Waals surface area contributed by atoms with E-state index in [4.69, 9.17) is 4.74 Å². The fourth-order valence-corrected chi connectivity index (χ4v) is 4.70. The molecule has 2 fully saturated rings. The van der Waals surface area contributed by atoms with E-state index in [0.29, 0.717) is 13.2 Å². The van der Waals surface area contributed by atoms with Crippen LogP contribution in [0.15, 0.2) is 30.3 Å². The van der Waals surface area contributed by atoms with Gasteiger partial charge >= 0.3 is 0 Å². The van der Waals surface area contributed by atoms with Gasteiger partial charge in [0.2, 0.25) is 11.8 Å². The third kappa shape index (κ3) is 7.04. The van der Waals surface area contributed by atoms with Crippen molar-refractivity contribution in [1.82, 2.24) is 15.5 Å². The molecule has 0 saturated carbocycles. The Balaban J connectivity index is 1.55. The normalized spacial score (nSPS) is 26.3. The molecule has 0 bridgehead atoms. The van der Waals surface area contributed by atoms with Crippen molar-refractivity contribution >= 4 is 11.8 Å². The van der Waals surface area contributed by atoms with Crippen molar-refractivity contribution in [3.05, 3.63) is 35.9 Å². The van der Waals surface area contributed by atoms with Crippen LogP contribution in [0, 0.1) is 5.41 Å². The van der Waals surface area contributed by atoms with E-state index >= 15 is 0 Å². The molecule has 1 aromatic carbocycles. The zero-order valence-corrected chi connectivity index (χ0v) is 19.2. The Morgan fingerprint density at radius 1 is 1.03 bits per heavy atom.